The van der Waals surface area contributed by atoms with Gasteiger partial charge in [-0.15, -0.1) is 0 Å². The Hall–Kier alpha value is -3.62. The highest BCUT2D eigenvalue weighted by Gasteiger charge is 2.35. The predicted octanol–water partition coefficient (Wildman–Crippen LogP) is 2.35. The number of carbonyl (C=O) groups is 1. The van der Waals surface area contributed by atoms with Crippen LogP contribution in [0.3, 0.4) is 0 Å². The molecule has 12 heteroatoms. The number of ether oxygens (including phenoxy) is 1. The van der Waals surface area contributed by atoms with Gasteiger partial charge in [-0.05, 0) is 31.9 Å². The van der Waals surface area contributed by atoms with Gasteiger partial charge in [-0.2, -0.15) is 18.4 Å². The Morgan fingerprint density at radius 1 is 1.18 bits per heavy atom. The summed E-state index contributed by atoms with van der Waals surface area (Å²) >= 11 is 0. The van der Waals surface area contributed by atoms with Crippen molar-refractivity contribution in [2.24, 2.45) is 13.0 Å². The van der Waals surface area contributed by atoms with Crippen molar-refractivity contribution in [3.8, 4) is 11.8 Å². The molecule has 3 rings (SSSR count). The van der Waals surface area contributed by atoms with Gasteiger partial charge in [-0.25, -0.2) is 13.8 Å². The van der Waals surface area contributed by atoms with Crippen LogP contribution >= 0.6 is 0 Å². The molecule has 2 heterocycles. The summed E-state index contributed by atoms with van der Waals surface area (Å²) in [6, 6.07) is 3.97. The van der Waals surface area contributed by atoms with Crippen LogP contribution in [-0.2, 0) is 22.8 Å². The molecule has 1 aliphatic rings. The lowest BCUT2D eigenvalue weighted by Crippen LogP contribution is -2.41. The Balaban J connectivity index is 2.06. The second-order valence-corrected chi connectivity index (χ2v) is 7.49. The van der Waals surface area contributed by atoms with E-state index in [0.717, 1.165) is 19.2 Å². The van der Waals surface area contributed by atoms with Crippen molar-refractivity contribution >= 4 is 11.7 Å². The van der Waals surface area contributed by atoms with Crippen molar-refractivity contribution < 1.29 is 27.1 Å². The Kier molecular flexibility index (Phi) is 6.62. The van der Waals surface area contributed by atoms with Crippen LogP contribution in [-0.4, -0.2) is 34.8 Å². The molecular weight excluding hydrogens is 448 g/mol. The third-order valence-corrected chi connectivity index (χ3v) is 5.49. The molecule has 0 aliphatic carbocycles. The summed E-state index contributed by atoms with van der Waals surface area (Å²) in [5.74, 6) is -1.79. The lowest BCUT2D eigenvalue weighted by molar-refractivity contribution is -0.148. The second kappa shape index (κ2) is 9.09. The number of piperidine rings is 1. The maximum absolute atomic E-state index is 14.8. The van der Waals surface area contributed by atoms with Gasteiger partial charge in [0.25, 0.3) is 5.56 Å². The van der Waals surface area contributed by atoms with Gasteiger partial charge < -0.3 is 9.64 Å². The third kappa shape index (κ3) is 4.62. The first-order valence-corrected chi connectivity index (χ1v) is 10.1. The van der Waals surface area contributed by atoms with Crippen molar-refractivity contribution in [3.63, 3.8) is 0 Å². The standard InChI is InChI=1S/C21H20F4N4O4/c1-3-33-19(31)12-4-6-28(7-5-12)15-9-16(14(22)8-13(15)11-26)29-18(30)10-17(21(23,24)25)27(2)20(29)32/h8-10,12H,3-7H2,1-2H3. The van der Waals surface area contributed by atoms with Crippen molar-refractivity contribution in [2.45, 2.75) is 25.9 Å². The van der Waals surface area contributed by atoms with Crippen molar-refractivity contribution in [1.29, 1.82) is 5.26 Å². The zero-order chi connectivity index (χ0) is 24.5. The van der Waals surface area contributed by atoms with Crippen LogP contribution < -0.4 is 16.1 Å². The second-order valence-electron chi connectivity index (χ2n) is 7.49. The van der Waals surface area contributed by atoms with E-state index in [1.165, 1.54) is 0 Å². The molecule has 2 aromatic rings. The third-order valence-electron chi connectivity index (χ3n) is 5.49. The average Bonchev–Trinajstić information content (AvgIpc) is 2.76. The Morgan fingerprint density at radius 3 is 2.36 bits per heavy atom. The minimum Gasteiger partial charge on any atom is -0.466 e. The lowest BCUT2D eigenvalue weighted by atomic mass is 9.96. The summed E-state index contributed by atoms with van der Waals surface area (Å²) in [4.78, 5) is 38.6. The van der Waals surface area contributed by atoms with E-state index in [1.54, 1.807) is 11.8 Å². The van der Waals surface area contributed by atoms with E-state index in [0.29, 0.717) is 30.5 Å². The minimum atomic E-state index is -4.95. The van der Waals surface area contributed by atoms with Gasteiger partial charge in [0.15, 0.2) is 0 Å². The van der Waals surface area contributed by atoms with Gasteiger partial charge in [0.1, 0.15) is 17.6 Å². The van der Waals surface area contributed by atoms with Gasteiger partial charge in [0, 0.05) is 26.2 Å². The molecule has 1 aromatic heterocycles. The number of nitrogens with zero attached hydrogens (tertiary/aromatic N) is 4. The molecule has 0 radical (unpaired) electrons. The van der Waals surface area contributed by atoms with Crippen LogP contribution in [0, 0.1) is 23.1 Å². The number of alkyl halides is 3. The lowest BCUT2D eigenvalue weighted by Gasteiger charge is -2.33. The molecule has 0 bridgehead atoms. The summed E-state index contributed by atoms with van der Waals surface area (Å²) in [7, 11) is 0.823. The van der Waals surface area contributed by atoms with Gasteiger partial charge in [-0.3, -0.25) is 14.2 Å². The molecule has 0 saturated carbocycles. The van der Waals surface area contributed by atoms with Crippen LogP contribution in [0.4, 0.5) is 23.2 Å². The highest BCUT2D eigenvalue weighted by Crippen LogP contribution is 2.31. The first kappa shape index (κ1) is 24.0. The number of benzene rings is 1. The number of hydrogen-bond donors (Lipinski definition) is 0. The topological polar surface area (TPSA) is 97.3 Å². The molecule has 0 atom stereocenters. The molecule has 0 spiro atoms. The molecule has 33 heavy (non-hydrogen) atoms. The van der Waals surface area contributed by atoms with E-state index in [2.05, 4.69) is 0 Å². The summed E-state index contributed by atoms with van der Waals surface area (Å²) in [6.45, 7) is 2.56. The van der Waals surface area contributed by atoms with E-state index < -0.39 is 34.6 Å². The molecule has 0 N–H and O–H groups in total. The number of hydrogen-bond acceptors (Lipinski definition) is 6. The average molecular weight is 468 g/mol. The molecule has 0 amide bonds. The number of esters is 1. The maximum atomic E-state index is 14.8. The summed E-state index contributed by atoms with van der Waals surface area (Å²) < 4.78 is 59.6. The first-order valence-electron chi connectivity index (χ1n) is 10.1. The maximum Gasteiger partial charge on any atom is 0.431 e. The van der Waals surface area contributed by atoms with Gasteiger partial charge in [0.05, 0.1) is 29.5 Å². The van der Waals surface area contributed by atoms with Crippen molar-refractivity contribution in [2.75, 3.05) is 24.6 Å². The molecular formula is C21H20F4N4O4. The molecule has 1 fully saturated rings. The number of rotatable bonds is 4. The fraction of sp³-hybridized carbons (Fsp3) is 0.429. The van der Waals surface area contributed by atoms with E-state index >= 15 is 0 Å². The van der Waals surface area contributed by atoms with Crippen LogP contribution in [0.5, 0.6) is 0 Å². The monoisotopic (exact) mass is 468 g/mol. The smallest absolute Gasteiger partial charge is 0.431 e. The number of anilines is 1. The number of aromatic nitrogens is 2. The largest absolute Gasteiger partial charge is 0.466 e. The molecule has 0 unspecified atom stereocenters. The zero-order valence-corrected chi connectivity index (χ0v) is 17.8. The predicted molar refractivity (Wildman–Crippen MR) is 109 cm³/mol. The number of nitriles is 1. The number of halogens is 4. The van der Waals surface area contributed by atoms with Gasteiger partial charge in [-0.1, -0.05) is 0 Å². The normalized spacial score (nSPS) is 14.8. The first-order chi connectivity index (χ1) is 15.5. The quantitative estimate of drug-likeness (QED) is 0.505. The Morgan fingerprint density at radius 2 is 1.82 bits per heavy atom. The summed E-state index contributed by atoms with van der Waals surface area (Å²) in [5, 5.41) is 9.45. The van der Waals surface area contributed by atoms with Gasteiger partial charge in [0.2, 0.25) is 0 Å². The van der Waals surface area contributed by atoms with Crippen LogP contribution in [0.2, 0.25) is 0 Å². The zero-order valence-electron chi connectivity index (χ0n) is 17.8. The van der Waals surface area contributed by atoms with Crippen molar-refractivity contribution in [1.82, 2.24) is 9.13 Å². The fourth-order valence-electron chi connectivity index (χ4n) is 3.81. The highest BCUT2D eigenvalue weighted by molar-refractivity contribution is 5.73. The highest BCUT2D eigenvalue weighted by atomic mass is 19.4. The fourth-order valence-corrected chi connectivity index (χ4v) is 3.81. The van der Waals surface area contributed by atoms with Gasteiger partial charge >= 0.3 is 17.8 Å². The van der Waals surface area contributed by atoms with Crippen molar-refractivity contribution in [3.05, 3.63) is 56.1 Å². The Bertz CT molecular complexity index is 1240. The number of carbonyl (C=O) groups excluding carboxylic acids is 1. The molecule has 1 aromatic carbocycles. The molecule has 176 valence electrons. The minimum absolute atomic E-state index is 0.0809. The summed E-state index contributed by atoms with van der Waals surface area (Å²) in [6.07, 6.45) is -4.15. The van der Waals surface area contributed by atoms with Crippen LogP contribution in [0.1, 0.15) is 31.0 Å². The molecule has 8 nitrogen and oxygen atoms in total. The van der Waals surface area contributed by atoms with E-state index in [4.69, 9.17) is 4.74 Å². The molecule has 1 saturated heterocycles. The van der Waals surface area contributed by atoms with E-state index in [1.807, 2.05) is 6.07 Å². The summed E-state index contributed by atoms with van der Waals surface area (Å²) in [5.41, 5.74) is -4.67. The van der Waals surface area contributed by atoms with E-state index in [9.17, 15) is 37.2 Å². The SMILES string of the molecule is CCOC(=O)C1CCN(c2cc(-n3c(=O)cc(C(F)(F)F)n(C)c3=O)c(F)cc2C#N)CC1. The Labute approximate surface area is 185 Å². The van der Waals surface area contributed by atoms with Crippen LogP contribution in [0.15, 0.2) is 27.8 Å². The van der Waals surface area contributed by atoms with E-state index in [-0.39, 0.29) is 40.4 Å². The van der Waals surface area contributed by atoms with Crippen LogP contribution in [0.25, 0.3) is 5.69 Å². The molecule has 1 aliphatic heterocycles.